The molecule has 1 saturated heterocycles. The minimum absolute atomic E-state index is 0. The number of nitrogens with one attached hydrogen (secondary N) is 1. The van der Waals surface area contributed by atoms with Crippen LogP contribution < -0.4 is 5.32 Å². The highest BCUT2D eigenvalue weighted by Gasteiger charge is 2.21. The van der Waals surface area contributed by atoms with Crippen molar-refractivity contribution in [1.29, 1.82) is 0 Å². The lowest BCUT2D eigenvalue weighted by molar-refractivity contribution is 0.0738. The molecule has 1 aliphatic rings. The lowest BCUT2D eigenvalue weighted by Crippen LogP contribution is -2.43. The molecule has 0 saturated carbocycles. The van der Waals surface area contributed by atoms with Crippen LogP contribution in [0.5, 0.6) is 0 Å². The Labute approximate surface area is 100.0 Å². The van der Waals surface area contributed by atoms with Crippen LogP contribution in [0.3, 0.4) is 0 Å². The van der Waals surface area contributed by atoms with E-state index in [9.17, 15) is 0 Å². The van der Waals surface area contributed by atoms with Crippen LogP contribution >= 0.6 is 12.4 Å². The number of hydrogen-bond acceptors (Lipinski definition) is 3. The van der Waals surface area contributed by atoms with E-state index in [0.29, 0.717) is 6.04 Å². The molecule has 0 aromatic carbocycles. The van der Waals surface area contributed by atoms with E-state index in [1.54, 1.807) is 7.11 Å². The van der Waals surface area contributed by atoms with Crippen molar-refractivity contribution in [2.24, 2.45) is 5.92 Å². The van der Waals surface area contributed by atoms with Crippen LogP contribution in [0.1, 0.15) is 19.8 Å². The zero-order valence-electron chi connectivity index (χ0n) is 10.2. The number of piperidine rings is 1. The second-order valence-corrected chi connectivity index (χ2v) is 4.34. The smallest absolute Gasteiger partial charge is 0.0615 e. The summed E-state index contributed by atoms with van der Waals surface area (Å²) in [6.07, 6.45) is 2.66. The van der Waals surface area contributed by atoms with Gasteiger partial charge >= 0.3 is 0 Å². The van der Waals surface area contributed by atoms with E-state index < -0.39 is 0 Å². The average molecular weight is 237 g/mol. The van der Waals surface area contributed by atoms with Gasteiger partial charge in [0.1, 0.15) is 0 Å². The summed E-state index contributed by atoms with van der Waals surface area (Å²) >= 11 is 0. The highest BCUT2D eigenvalue weighted by Crippen LogP contribution is 2.18. The van der Waals surface area contributed by atoms with Gasteiger partial charge in [-0.05, 0) is 52.4 Å². The molecule has 1 heterocycles. The van der Waals surface area contributed by atoms with Crippen LogP contribution in [0.25, 0.3) is 0 Å². The van der Waals surface area contributed by atoms with Crippen molar-refractivity contribution in [3.63, 3.8) is 0 Å². The second kappa shape index (κ2) is 8.34. The van der Waals surface area contributed by atoms with Gasteiger partial charge in [-0.2, -0.15) is 0 Å². The summed E-state index contributed by atoms with van der Waals surface area (Å²) in [6, 6.07) is 0.579. The first-order valence-corrected chi connectivity index (χ1v) is 5.65. The highest BCUT2D eigenvalue weighted by molar-refractivity contribution is 5.85. The molecular weight excluding hydrogens is 212 g/mol. The molecule has 1 atom stereocenters. The first-order chi connectivity index (χ1) is 6.77. The molecule has 0 aromatic rings. The van der Waals surface area contributed by atoms with E-state index in [4.69, 9.17) is 4.74 Å². The van der Waals surface area contributed by atoms with Gasteiger partial charge in [0.2, 0.25) is 0 Å². The zero-order chi connectivity index (χ0) is 10.4. The number of likely N-dealkylation sites (tertiary alicyclic amines) is 1. The summed E-state index contributed by atoms with van der Waals surface area (Å²) in [5.41, 5.74) is 0. The molecule has 0 bridgehead atoms. The van der Waals surface area contributed by atoms with Gasteiger partial charge in [-0.25, -0.2) is 0 Å². The van der Waals surface area contributed by atoms with E-state index >= 15 is 0 Å². The van der Waals surface area contributed by atoms with Crippen molar-refractivity contribution in [3.8, 4) is 0 Å². The number of ether oxygens (including phenoxy) is 1. The lowest BCUT2D eigenvalue weighted by atomic mass is 9.96. The van der Waals surface area contributed by atoms with Crippen LogP contribution in [0, 0.1) is 5.92 Å². The van der Waals surface area contributed by atoms with Gasteiger partial charge < -0.3 is 10.1 Å². The Morgan fingerprint density at radius 1 is 1.40 bits per heavy atom. The Bertz CT molecular complexity index is 150. The Balaban J connectivity index is 0.00000196. The molecule has 15 heavy (non-hydrogen) atoms. The predicted molar refractivity (Wildman–Crippen MR) is 66.8 cm³/mol. The number of rotatable bonds is 5. The van der Waals surface area contributed by atoms with Gasteiger partial charge in [0, 0.05) is 13.2 Å². The zero-order valence-corrected chi connectivity index (χ0v) is 11.0. The molecule has 4 heteroatoms. The molecule has 92 valence electrons. The van der Waals surface area contributed by atoms with E-state index in [-0.39, 0.29) is 12.4 Å². The summed E-state index contributed by atoms with van der Waals surface area (Å²) < 4.78 is 5.18. The van der Waals surface area contributed by atoms with Crippen LogP contribution in [0.4, 0.5) is 0 Å². The monoisotopic (exact) mass is 236 g/mol. The van der Waals surface area contributed by atoms with Crippen LogP contribution in [-0.4, -0.2) is 51.3 Å². The maximum absolute atomic E-state index is 5.18. The molecule has 3 nitrogen and oxygen atoms in total. The summed E-state index contributed by atoms with van der Waals surface area (Å²) in [5.74, 6) is 0.881. The molecular formula is C11H25ClN2O. The summed E-state index contributed by atoms with van der Waals surface area (Å²) in [7, 11) is 3.82. The van der Waals surface area contributed by atoms with Crippen molar-refractivity contribution in [2.75, 3.05) is 40.4 Å². The standard InChI is InChI=1S/C11H24N2O.ClH/c1-10(9-14-3)13-6-4-11(5-7-13)8-12-2;/h10-12H,4-9H2,1-3H3;1H. The van der Waals surface area contributed by atoms with Crippen molar-refractivity contribution in [1.82, 2.24) is 10.2 Å². The van der Waals surface area contributed by atoms with E-state index in [2.05, 4.69) is 17.1 Å². The number of halogens is 1. The van der Waals surface area contributed by atoms with Crippen molar-refractivity contribution >= 4 is 12.4 Å². The lowest BCUT2D eigenvalue weighted by Gasteiger charge is -2.35. The van der Waals surface area contributed by atoms with Crippen LogP contribution in [0.15, 0.2) is 0 Å². The fourth-order valence-electron chi connectivity index (χ4n) is 2.23. The fraction of sp³-hybridized carbons (Fsp3) is 1.00. The van der Waals surface area contributed by atoms with Gasteiger partial charge in [0.15, 0.2) is 0 Å². The van der Waals surface area contributed by atoms with Crippen LogP contribution in [0.2, 0.25) is 0 Å². The largest absolute Gasteiger partial charge is 0.383 e. The molecule has 1 aliphatic heterocycles. The molecule has 1 N–H and O–H groups in total. The van der Waals surface area contributed by atoms with Crippen molar-refractivity contribution in [2.45, 2.75) is 25.8 Å². The minimum Gasteiger partial charge on any atom is -0.383 e. The molecule has 0 amide bonds. The Morgan fingerprint density at radius 3 is 2.47 bits per heavy atom. The summed E-state index contributed by atoms with van der Waals surface area (Å²) in [6.45, 7) is 6.75. The third-order valence-corrected chi connectivity index (χ3v) is 3.17. The molecule has 0 spiro atoms. The molecule has 1 fully saturated rings. The number of methoxy groups -OCH3 is 1. The SMILES string of the molecule is CNCC1CCN(C(C)COC)CC1.Cl. The predicted octanol–water partition coefficient (Wildman–Crippen LogP) is 1.37. The second-order valence-electron chi connectivity index (χ2n) is 4.34. The van der Waals surface area contributed by atoms with Gasteiger partial charge in [0.25, 0.3) is 0 Å². The molecule has 0 radical (unpaired) electrons. The van der Waals surface area contributed by atoms with Gasteiger partial charge in [0.05, 0.1) is 6.61 Å². The molecule has 1 rings (SSSR count). The number of hydrogen-bond donors (Lipinski definition) is 1. The molecule has 0 aliphatic carbocycles. The quantitative estimate of drug-likeness (QED) is 0.781. The van der Waals surface area contributed by atoms with Crippen molar-refractivity contribution in [3.05, 3.63) is 0 Å². The van der Waals surface area contributed by atoms with E-state index in [1.165, 1.54) is 32.5 Å². The number of nitrogens with zero attached hydrogens (tertiary/aromatic N) is 1. The van der Waals surface area contributed by atoms with Gasteiger partial charge in [-0.1, -0.05) is 0 Å². The van der Waals surface area contributed by atoms with Crippen LogP contribution in [-0.2, 0) is 4.74 Å². The van der Waals surface area contributed by atoms with Gasteiger partial charge in [-0.15, -0.1) is 12.4 Å². The third-order valence-electron chi connectivity index (χ3n) is 3.17. The Morgan fingerprint density at radius 2 is 2.00 bits per heavy atom. The van der Waals surface area contributed by atoms with Crippen molar-refractivity contribution < 1.29 is 4.74 Å². The Hall–Kier alpha value is 0.170. The molecule has 0 aromatic heterocycles. The normalized spacial score (nSPS) is 21.0. The maximum Gasteiger partial charge on any atom is 0.0615 e. The summed E-state index contributed by atoms with van der Waals surface area (Å²) in [4.78, 5) is 2.54. The Kier molecular flexibility index (Phi) is 8.43. The topological polar surface area (TPSA) is 24.5 Å². The first-order valence-electron chi connectivity index (χ1n) is 5.65. The van der Waals surface area contributed by atoms with E-state index in [0.717, 1.165) is 12.5 Å². The third kappa shape index (κ3) is 5.16. The summed E-state index contributed by atoms with van der Waals surface area (Å²) in [5, 5.41) is 3.26. The minimum atomic E-state index is 0. The average Bonchev–Trinajstić information content (AvgIpc) is 2.20. The fourth-order valence-corrected chi connectivity index (χ4v) is 2.23. The maximum atomic E-state index is 5.18. The van der Waals surface area contributed by atoms with Gasteiger partial charge in [-0.3, -0.25) is 4.90 Å². The molecule has 1 unspecified atom stereocenters. The van der Waals surface area contributed by atoms with E-state index in [1.807, 2.05) is 7.05 Å². The first kappa shape index (κ1) is 15.2. The highest BCUT2D eigenvalue weighted by atomic mass is 35.5.